The van der Waals surface area contributed by atoms with E-state index in [1.54, 1.807) is 24.3 Å². The molecule has 3 N–H and O–H groups in total. The van der Waals surface area contributed by atoms with Crippen LogP contribution in [0.25, 0.3) is 0 Å². The summed E-state index contributed by atoms with van der Waals surface area (Å²) >= 11 is 0. The Balaban J connectivity index is 1.56. The maximum Gasteiger partial charge on any atom is 0.354 e. The summed E-state index contributed by atoms with van der Waals surface area (Å²) in [6.45, 7) is 1.40. The van der Waals surface area contributed by atoms with Gasteiger partial charge in [-0.2, -0.15) is 0 Å². The third-order valence-corrected chi connectivity index (χ3v) is 4.36. The Hall–Kier alpha value is -3.26. The first-order valence-electron chi connectivity index (χ1n) is 9.00. The minimum Gasteiger partial charge on any atom is -0.477 e. The molecule has 2 amide bonds. The molecule has 3 rings (SSSR count). The largest absolute Gasteiger partial charge is 0.477 e. The molecule has 1 saturated heterocycles. The van der Waals surface area contributed by atoms with Crippen LogP contribution < -0.4 is 10.6 Å². The van der Waals surface area contributed by atoms with Crippen LogP contribution in [0.3, 0.4) is 0 Å². The van der Waals surface area contributed by atoms with Gasteiger partial charge in [0.1, 0.15) is 11.4 Å². The number of carboxylic acids is 1. The van der Waals surface area contributed by atoms with Crippen LogP contribution in [0.1, 0.15) is 49.7 Å². The summed E-state index contributed by atoms with van der Waals surface area (Å²) in [6, 6.07) is 11.2. The molecule has 28 heavy (non-hydrogen) atoms. The van der Waals surface area contributed by atoms with E-state index < -0.39 is 11.9 Å². The van der Waals surface area contributed by atoms with Crippen molar-refractivity contribution in [2.24, 2.45) is 0 Å². The van der Waals surface area contributed by atoms with Gasteiger partial charge in [-0.1, -0.05) is 18.2 Å². The molecule has 0 saturated carbocycles. The van der Waals surface area contributed by atoms with E-state index in [-0.39, 0.29) is 29.9 Å². The average Bonchev–Trinajstić information content (AvgIpc) is 3.24. The highest BCUT2D eigenvalue weighted by atomic mass is 16.5. The minimum absolute atomic E-state index is 0.0189. The van der Waals surface area contributed by atoms with Gasteiger partial charge < -0.3 is 20.5 Å². The molecule has 1 unspecified atom stereocenters. The van der Waals surface area contributed by atoms with E-state index >= 15 is 0 Å². The molecule has 1 aromatic carbocycles. The summed E-state index contributed by atoms with van der Waals surface area (Å²) in [5.74, 6) is -1.88. The SMILES string of the molecule is O=C(NCC1CCCO1)c1cccc(CNC(=O)c2cccc(C(=O)O)n2)c1. The fourth-order valence-electron chi connectivity index (χ4n) is 2.89. The quantitative estimate of drug-likeness (QED) is 0.669. The first-order chi connectivity index (χ1) is 13.5. The first-order valence-corrected chi connectivity index (χ1v) is 9.00. The smallest absolute Gasteiger partial charge is 0.354 e. The summed E-state index contributed by atoms with van der Waals surface area (Å²) in [6.07, 6.45) is 2.03. The van der Waals surface area contributed by atoms with E-state index in [2.05, 4.69) is 15.6 Å². The molecule has 1 aliphatic rings. The molecule has 2 heterocycles. The van der Waals surface area contributed by atoms with Crippen molar-refractivity contribution in [1.82, 2.24) is 15.6 Å². The number of nitrogens with one attached hydrogen (secondary N) is 2. The third-order valence-electron chi connectivity index (χ3n) is 4.36. The van der Waals surface area contributed by atoms with Crippen LogP contribution in [0.2, 0.25) is 0 Å². The number of hydrogen-bond donors (Lipinski definition) is 3. The number of nitrogens with zero attached hydrogens (tertiary/aromatic N) is 1. The van der Waals surface area contributed by atoms with Gasteiger partial charge in [0, 0.05) is 25.3 Å². The number of aromatic carboxylic acids is 1. The molecule has 8 heteroatoms. The number of hydrogen-bond acceptors (Lipinski definition) is 5. The van der Waals surface area contributed by atoms with Crippen LogP contribution in [0.15, 0.2) is 42.5 Å². The second-order valence-corrected chi connectivity index (χ2v) is 6.44. The monoisotopic (exact) mass is 383 g/mol. The molecule has 0 radical (unpaired) electrons. The second kappa shape index (κ2) is 9.09. The number of benzene rings is 1. The highest BCUT2D eigenvalue weighted by Crippen LogP contribution is 2.11. The Bertz CT molecular complexity index is 878. The van der Waals surface area contributed by atoms with E-state index in [9.17, 15) is 14.4 Å². The van der Waals surface area contributed by atoms with Crippen LogP contribution in [0.4, 0.5) is 0 Å². The van der Waals surface area contributed by atoms with Crippen molar-refractivity contribution in [2.75, 3.05) is 13.2 Å². The van der Waals surface area contributed by atoms with Crippen LogP contribution >= 0.6 is 0 Å². The van der Waals surface area contributed by atoms with Gasteiger partial charge >= 0.3 is 5.97 Å². The lowest BCUT2D eigenvalue weighted by atomic mass is 10.1. The standard InChI is InChI=1S/C20H21N3O5/c24-18(22-12-15-6-3-9-28-15)14-5-1-4-13(10-14)11-21-19(25)16-7-2-8-17(23-16)20(26)27/h1-2,4-5,7-8,10,15H,3,6,9,11-12H2,(H,21,25)(H,22,24)(H,26,27). The number of pyridine rings is 1. The lowest BCUT2D eigenvalue weighted by molar-refractivity contribution is 0.0690. The molecular formula is C20H21N3O5. The van der Waals surface area contributed by atoms with Crippen molar-refractivity contribution in [3.05, 3.63) is 65.0 Å². The number of rotatable bonds is 7. The van der Waals surface area contributed by atoms with Gasteiger partial charge in [0.15, 0.2) is 0 Å². The van der Waals surface area contributed by atoms with Crippen molar-refractivity contribution >= 4 is 17.8 Å². The summed E-state index contributed by atoms with van der Waals surface area (Å²) < 4.78 is 5.49. The third kappa shape index (κ3) is 5.14. The Morgan fingerprint density at radius 3 is 2.61 bits per heavy atom. The highest BCUT2D eigenvalue weighted by molar-refractivity contribution is 5.95. The van der Waals surface area contributed by atoms with Gasteiger partial charge in [-0.15, -0.1) is 0 Å². The number of aromatic nitrogens is 1. The first kappa shape index (κ1) is 19.5. The molecule has 1 atom stereocenters. The van der Waals surface area contributed by atoms with Crippen LogP contribution in [0, 0.1) is 0 Å². The highest BCUT2D eigenvalue weighted by Gasteiger charge is 2.17. The number of carbonyl (C=O) groups is 3. The van der Waals surface area contributed by atoms with Crippen LogP contribution in [-0.2, 0) is 11.3 Å². The van der Waals surface area contributed by atoms with Crippen molar-refractivity contribution in [1.29, 1.82) is 0 Å². The Kier molecular flexibility index (Phi) is 6.33. The van der Waals surface area contributed by atoms with Gasteiger partial charge in [0.25, 0.3) is 11.8 Å². The molecule has 146 valence electrons. The molecular weight excluding hydrogens is 362 g/mol. The summed E-state index contributed by atoms with van der Waals surface area (Å²) in [5, 5.41) is 14.5. The molecule has 1 fully saturated rings. The molecule has 8 nitrogen and oxygen atoms in total. The van der Waals surface area contributed by atoms with Gasteiger partial charge in [-0.05, 0) is 42.7 Å². The van der Waals surface area contributed by atoms with Crippen molar-refractivity contribution in [3.8, 4) is 0 Å². The predicted octanol–water partition coefficient (Wildman–Crippen LogP) is 1.62. The van der Waals surface area contributed by atoms with E-state index in [1.165, 1.54) is 18.2 Å². The van der Waals surface area contributed by atoms with E-state index in [4.69, 9.17) is 9.84 Å². The lowest BCUT2D eigenvalue weighted by Gasteiger charge is -2.11. The molecule has 1 aromatic heterocycles. The molecule has 0 bridgehead atoms. The fraction of sp³-hybridized carbons (Fsp3) is 0.300. The molecule has 1 aliphatic heterocycles. The summed E-state index contributed by atoms with van der Waals surface area (Å²) in [7, 11) is 0. The van der Waals surface area contributed by atoms with Crippen molar-refractivity contribution < 1.29 is 24.2 Å². The number of carbonyl (C=O) groups excluding carboxylic acids is 2. The minimum atomic E-state index is -1.20. The van der Waals surface area contributed by atoms with E-state index in [1.807, 2.05) is 0 Å². The zero-order valence-electron chi connectivity index (χ0n) is 15.2. The Morgan fingerprint density at radius 1 is 1.07 bits per heavy atom. The Labute approximate surface area is 161 Å². The second-order valence-electron chi connectivity index (χ2n) is 6.44. The maximum atomic E-state index is 12.3. The van der Waals surface area contributed by atoms with Gasteiger partial charge in [-0.25, -0.2) is 9.78 Å². The molecule has 0 aliphatic carbocycles. The number of amides is 2. The molecule has 0 spiro atoms. The van der Waals surface area contributed by atoms with Crippen LogP contribution in [-0.4, -0.2) is 47.1 Å². The van der Waals surface area contributed by atoms with E-state index in [0.29, 0.717) is 12.1 Å². The van der Waals surface area contributed by atoms with E-state index in [0.717, 1.165) is 25.0 Å². The zero-order valence-corrected chi connectivity index (χ0v) is 15.2. The van der Waals surface area contributed by atoms with Crippen LogP contribution in [0.5, 0.6) is 0 Å². The summed E-state index contributed by atoms with van der Waals surface area (Å²) in [4.78, 5) is 39.3. The topological polar surface area (TPSA) is 118 Å². The lowest BCUT2D eigenvalue weighted by Crippen LogP contribution is -2.31. The van der Waals surface area contributed by atoms with Gasteiger partial charge in [0.2, 0.25) is 0 Å². The fourth-order valence-corrected chi connectivity index (χ4v) is 2.89. The van der Waals surface area contributed by atoms with Crippen molar-refractivity contribution in [2.45, 2.75) is 25.5 Å². The number of ether oxygens (including phenoxy) is 1. The maximum absolute atomic E-state index is 12.3. The Morgan fingerprint density at radius 2 is 1.86 bits per heavy atom. The predicted molar refractivity (Wildman–Crippen MR) is 100 cm³/mol. The zero-order chi connectivity index (χ0) is 19.9. The van der Waals surface area contributed by atoms with Gasteiger partial charge in [0.05, 0.1) is 6.10 Å². The average molecular weight is 383 g/mol. The number of carboxylic acid groups (broad SMARTS) is 1. The van der Waals surface area contributed by atoms with Crippen molar-refractivity contribution in [3.63, 3.8) is 0 Å². The molecule has 2 aromatic rings. The normalized spacial score (nSPS) is 15.8. The summed E-state index contributed by atoms with van der Waals surface area (Å²) in [5.41, 5.74) is 1.06. The van der Waals surface area contributed by atoms with Gasteiger partial charge in [-0.3, -0.25) is 9.59 Å².